The molecule has 2 nitrogen and oxygen atoms in total. The Morgan fingerprint density at radius 2 is 2.14 bits per heavy atom. The first-order chi connectivity index (χ1) is 9.96. The van der Waals surface area contributed by atoms with Gasteiger partial charge in [-0.2, -0.15) is 0 Å². The summed E-state index contributed by atoms with van der Waals surface area (Å²) in [5, 5.41) is 4.42. The molecule has 1 aliphatic rings. The van der Waals surface area contributed by atoms with Crippen LogP contribution >= 0.6 is 11.6 Å². The Labute approximate surface area is 134 Å². The summed E-state index contributed by atoms with van der Waals surface area (Å²) in [7, 11) is 0. The maximum absolute atomic E-state index is 6.29. The molecule has 1 aromatic carbocycles. The van der Waals surface area contributed by atoms with Crippen molar-refractivity contribution in [3.63, 3.8) is 0 Å². The van der Waals surface area contributed by atoms with Crippen molar-refractivity contribution in [2.75, 3.05) is 19.7 Å². The molecule has 0 bridgehead atoms. The van der Waals surface area contributed by atoms with Crippen molar-refractivity contribution in [1.29, 1.82) is 0 Å². The predicted molar refractivity (Wildman–Crippen MR) is 90.5 cm³/mol. The monoisotopic (exact) mass is 309 g/mol. The number of halogens is 1. The van der Waals surface area contributed by atoms with Gasteiger partial charge in [0, 0.05) is 18.0 Å². The topological polar surface area (TPSA) is 21.3 Å². The van der Waals surface area contributed by atoms with Gasteiger partial charge in [0.15, 0.2) is 0 Å². The molecule has 0 aliphatic carbocycles. The Bertz CT molecular complexity index is 486. The number of rotatable bonds is 7. The smallest absolute Gasteiger partial charge is 0.125 e. The molecular formula is C18H28ClNO. The number of benzene rings is 1. The third-order valence-corrected chi connectivity index (χ3v) is 4.99. The Balaban J connectivity index is 2.21. The second-order valence-electron chi connectivity index (χ2n) is 6.81. The average molecular weight is 310 g/mol. The first kappa shape index (κ1) is 16.6. The van der Waals surface area contributed by atoms with Crippen LogP contribution in [-0.2, 0) is 12.8 Å². The van der Waals surface area contributed by atoms with Gasteiger partial charge in [-0.05, 0) is 54.0 Å². The van der Waals surface area contributed by atoms with Crippen molar-refractivity contribution in [3.05, 3.63) is 28.3 Å². The van der Waals surface area contributed by atoms with E-state index in [1.165, 1.54) is 17.5 Å². The molecular weight excluding hydrogens is 282 g/mol. The molecule has 1 aromatic rings. The molecule has 2 rings (SSSR count). The van der Waals surface area contributed by atoms with E-state index in [9.17, 15) is 0 Å². The quantitative estimate of drug-likeness (QED) is 0.750. The lowest BCUT2D eigenvalue weighted by molar-refractivity contribution is 0.205. The highest BCUT2D eigenvalue weighted by molar-refractivity contribution is 6.30. The summed E-state index contributed by atoms with van der Waals surface area (Å²) in [5.41, 5.74) is 2.74. The molecule has 0 aromatic heterocycles. The minimum Gasteiger partial charge on any atom is -0.493 e. The van der Waals surface area contributed by atoms with Gasteiger partial charge < -0.3 is 10.1 Å². The minimum absolute atomic E-state index is 0.208. The molecule has 0 fully saturated rings. The fraction of sp³-hybridized carbons (Fsp3) is 0.667. The van der Waals surface area contributed by atoms with Crippen molar-refractivity contribution >= 4 is 11.6 Å². The molecule has 3 heteroatoms. The summed E-state index contributed by atoms with van der Waals surface area (Å²) in [6.45, 7) is 12.1. The van der Waals surface area contributed by atoms with E-state index in [1.54, 1.807) is 0 Å². The molecule has 1 heterocycles. The molecule has 0 spiro atoms. The fourth-order valence-corrected chi connectivity index (χ4v) is 3.20. The molecule has 0 saturated carbocycles. The van der Waals surface area contributed by atoms with E-state index in [0.717, 1.165) is 43.3 Å². The molecule has 0 saturated heterocycles. The van der Waals surface area contributed by atoms with Crippen LogP contribution in [0, 0.1) is 11.3 Å². The van der Waals surface area contributed by atoms with Gasteiger partial charge in [-0.3, -0.25) is 0 Å². The average Bonchev–Trinajstić information content (AvgIpc) is 2.87. The standard InChI is InChI=1S/C18H28ClNO/c1-5-7-20-12-18(4,13(2)3)11-15-10-16(19)9-14-6-8-21-17(14)15/h9-10,13,20H,5-8,11-12H2,1-4H3. The van der Waals surface area contributed by atoms with Crippen molar-refractivity contribution in [2.24, 2.45) is 11.3 Å². The third-order valence-electron chi connectivity index (χ3n) is 4.77. The number of hydrogen-bond donors (Lipinski definition) is 1. The summed E-state index contributed by atoms with van der Waals surface area (Å²) < 4.78 is 5.86. The normalized spacial score (nSPS) is 16.7. The Hall–Kier alpha value is -0.730. The summed E-state index contributed by atoms with van der Waals surface area (Å²) in [4.78, 5) is 0. The Morgan fingerprint density at radius 3 is 2.81 bits per heavy atom. The highest BCUT2D eigenvalue weighted by Crippen LogP contribution is 2.39. The lowest BCUT2D eigenvalue weighted by atomic mass is 9.74. The Morgan fingerprint density at radius 1 is 1.38 bits per heavy atom. The van der Waals surface area contributed by atoms with Crippen LogP contribution in [0.1, 0.15) is 45.2 Å². The van der Waals surface area contributed by atoms with Crippen LogP contribution < -0.4 is 10.1 Å². The molecule has 21 heavy (non-hydrogen) atoms. The molecule has 1 N–H and O–H groups in total. The molecule has 118 valence electrons. The number of hydrogen-bond acceptors (Lipinski definition) is 2. The lowest BCUT2D eigenvalue weighted by Crippen LogP contribution is -2.38. The van der Waals surface area contributed by atoms with E-state index in [2.05, 4.69) is 45.1 Å². The highest BCUT2D eigenvalue weighted by atomic mass is 35.5. The first-order valence-corrected chi connectivity index (χ1v) is 8.49. The Kier molecular flexibility index (Phi) is 5.56. The van der Waals surface area contributed by atoms with Crippen LogP contribution in [0.5, 0.6) is 5.75 Å². The summed E-state index contributed by atoms with van der Waals surface area (Å²) in [6, 6.07) is 4.14. The zero-order valence-corrected chi connectivity index (χ0v) is 14.5. The fourth-order valence-electron chi connectivity index (χ4n) is 2.93. The van der Waals surface area contributed by atoms with Crippen LogP contribution in [0.4, 0.5) is 0 Å². The summed E-state index contributed by atoms with van der Waals surface area (Å²) >= 11 is 6.29. The SMILES string of the molecule is CCCNCC(C)(Cc1cc(Cl)cc2c1OCC2)C(C)C. The van der Waals surface area contributed by atoms with E-state index in [1.807, 2.05) is 0 Å². The maximum atomic E-state index is 6.29. The number of fused-ring (bicyclic) bond motifs is 1. The molecule has 1 unspecified atom stereocenters. The van der Waals surface area contributed by atoms with E-state index >= 15 is 0 Å². The molecule has 1 aliphatic heterocycles. The van der Waals surface area contributed by atoms with Gasteiger partial charge >= 0.3 is 0 Å². The van der Waals surface area contributed by atoms with E-state index in [4.69, 9.17) is 16.3 Å². The zero-order chi connectivity index (χ0) is 15.5. The van der Waals surface area contributed by atoms with Gasteiger partial charge in [-0.1, -0.05) is 39.3 Å². The van der Waals surface area contributed by atoms with Crippen LogP contribution in [0.15, 0.2) is 12.1 Å². The van der Waals surface area contributed by atoms with Gasteiger partial charge in [-0.15, -0.1) is 0 Å². The van der Waals surface area contributed by atoms with Gasteiger partial charge in [0.2, 0.25) is 0 Å². The molecule has 1 atom stereocenters. The summed E-state index contributed by atoms with van der Waals surface area (Å²) in [6.07, 6.45) is 3.16. The van der Waals surface area contributed by atoms with Gasteiger partial charge in [-0.25, -0.2) is 0 Å². The molecule has 0 amide bonds. The predicted octanol–water partition coefficient (Wildman–Crippen LogP) is 4.48. The van der Waals surface area contributed by atoms with Crippen molar-refractivity contribution in [2.45, 2.75) is 47.0 Å². The van der Waals surface area contributed by atoms with Gasteiger partial charge in [0.1, 0.15) is 5.75 Å². The van der Waals surface area contributed by atoms with Crippen LogP contribution in [0.25, 0.3) is 0 Å². The van der Waals surface area contributed by atoms with Crippen molar-refractivity contribution in [1.82, 2.24) is 5.32 Å². The lowest BCUT2D eigenvalue weighted by Gasteiger charge is -2.35. The maximum Gasteiger partial charge on any atom is 0.125 e. The van der Waals surface area contributed by atoms with E-state index in [-0.39, 0.29) is 5.41 Å². The van der Waals surface area contributed by atoms with E-state index in [0.29, 0.717) is 5.92 Å². The first-order valence-electron chi connectivity index (χ1n) is 8.11. The molecule has 0 radical (unpaired) electrons. The minimum atomic E-state index is 0.208. The van der Waals surface area contributed by atoms with Crippen LogP contribution in [0.3, 0.4) is 0 Å². The number of ether oxygens (including phenoxy) is 1. The second-order valence-corrected chi connectivity index (χ2v) is 7.25. The van der Waals surface area contributed by atoms with Gasteiger partial charge in [0.05, 0.1) is 6.61 Å². The number of nitrogens with one attached hydrogen (secondary N) is 1. The largest absolute Gasteiger partial charge is 0.493 e. The van der Waals surface area contributed by atoms with Gasteiger partial charge in [0.25, 0.3) is 0 Å². The third kappa shape index (κ3) is 3.92. The highest BCUT2D eigenvalue weighted by Gasteiger charge is 2.31. The summed E-state index contributed by atoms with van der Waals surface area (Å²) in [5.74, 6) is 1.68. The second kappa shape index (κ2) is 7.02. The van der Waals surface area contributed by atoms with E-state index < -0.39 is 0 Å². The van der Waals surface area contributed by atoms with Crippen LogP contribution in [0.2, 0.25) is 5.02 Å². The van der Waals surface area contributed by atoms with Crippen molar-refractivity contribution in [3.8, 4) is 5.75 Å². The van der Waals surface area contributed by atoms with Crippen LogP contribution in [-0.4, -0.2) is 19.7 Å². The van der Waals surface area contributed by atoms with Crippen molar-refractivity contribution < 1.29 is 4.74 Å². The zero-order valence-electron chi connectivity index (χ0n) is 13.8.